The Kier molecular flexibility index (Phi) is 9.30. The Morgan fingerprint density at radius 1 is 0.680 bits per heavy atom. The van der Waals surface area contributed by atoms with E-state index in [2.05, 4.69) is 92.8 Å². The van der Waals surface area contributed by atoms with Gasteiger partial charge in [-0.05, 0) is 95.8 Å². The molecule has 3 heterocycles. The predicted molar refractivity (Wildman–Crippen MR) is 198 cm³/mol. The molecule has 0 saturated carbocycles. The number of phenolic OH excluding ortho intramolecular Hbond substituents is 1. The molecule has 2 N–H and O–H groups in total. The fourth-order valence-electron chi connectivity index (χ4n) is 8.80. The van der Waals surface area contributed by atoms with E-state index < -0.39 is 0 Å². The minimum Gasteiger partial charge on any atom is -0.508 e. The van der Waals surface area contributed by atoms with Gasteiger partial charge < -0.3 is 10.0 Å². The summed E-state index contributed by atoms with van der Waals surface area (Å²) in [6, 6.07) is 34.8. The van der Waals surface area contributed by atoms with Gasteiger partial charge in [-0.15, -0.1) is 0 Å². The van der Waals surface area contributed by atoms with Gasteiger partial charge in [-0.2, -0.15) is 0 Å². The summed E-state index contributed by atoms with van der Waals surface area (Å²) < 4.78 is 0. The summed E-state index contributed by atoms with van der Waals surface area (Å²) >= 11 is 0. The van der Waals surface area contributed by atoms with E-state index in [0.717, 1.165) is 64.3 Å². The molecule has 4 aromatic rings. The van der Waals surface area contributed by atoms with E-state index in [4.69, 9.17) is 0 Å². The highest BCUT2D eigenvalue weighted by Gasteiger charge is 2.33. The van der Waals surface area contributed by atoms with Gasteiger partial charge in [0.15, 0.2) is 0 Å². The molecule has 8 nitrogen and oxygen atoms in total. The van der Waals surface area contributed by atoms with Crippen LogP contribution in [0.15, 0.2) is 97.1 Å². The van der Waals surface area contributed by atoms with E-state index in [1.807, 2.05) is 24.3 Å². The normalized spacial score (nSPS) is 22.3. The number of phenols is 1. The van der Waals surface area contributed by atoms with Crippen LogP contribution in [0.4, 0.5) is 16.2 Å². The highest BCUT2D eigenvalue weighted by Crippen LogP contribution is 2.47. The Bertz CT molecular complexity index is 1800. The summed E-state index contributed by atoms with van der Waals surface area (Å²) in [6.45, 7) is 7.83. The number of imide groups is 1. The lowest BCUT2D eigenvalue weighted by molar-refractivity contribution is -0.120. The Morgan fingerprint density at radius 2 is 1.40 bits per heavy atom. The topological polar surface area (TPSA) is 79.4 Å². The SMILES string of the molecule is O=C1CCN(c2ccc(CN3CCN(C4CCN(c5ccc(C6c7ccc(O)cc7CCC6c6ccccc6)cc5)CC4)CC3)cc2)C(=O)N1. The Balaban J connectivity index is 0.846. The van der Waals surface area contributed by atoms with Crippen LogP contribution in [0.1, 0.15) is 65.3 Å². The van der Waals surface area contributed by atoms with Crippen molar-refractivity contribution in [2.24, 2.45) is 0 Å². The van der Waals surface area contributed by atoms with Crippen molar-refractivity contribution in [1.82, 2.24) is 15.1 Å². The molecule has 2 unspecified atom stereocenters. The van der Waals surface area contributed by atoms with Crippen LogP contribution in [-0.4, -0.2) is 78.7 Å². The number of rotatable bonds is 7. The predicted octanol–water partition coefficient (Wildman–Crippen LogP) is 6.49. The van der Waals surface area contributed by atoms with Gasteiger partial charge in [-0.3, -0.25) is 24.8 Å². The highest BCUT2D eigenvalue weighted by atomic mass is 16.3. The van der Waals surface area contributed by atoms with Crippen LogP contribution >= 0.6 is 0 Å². The summed E-state index contributed by atoms with van der Waals surface area (Å²) in [6.07, 6.45) is 4.78. The van der Waals surface area contributed by atoms with Crippen LogP contribution in [-0.2, 0) is 17.8 Å². The molecule has 0 aromatic heterocycles. The molecule has 258 valence electrons. The summed E-state index contributed by atoms with van der Waals surface area (Å²) in [5, 5.41) is 12.6. The van der Waals surface area contributed by atoms with Crippen LogP contribution in [0, 0.1) is 0 Å². The summed E-state index contributed by atoms with van der Waals surface area (Å²) in [5.41, 5.74) is 8.76. The van der Waals surface area contributed by atoms with Crippen molar-refractivity contribution in [3.8, 4) is 5.75 Å². The first kappa shape index (κ1) is 32.5. The number of urea groups is 1. The van der Waals surface area contributed by atoms with Gasteiger partial charge in [-0.25, -0.2) is 4.79 Å². The summed E-state index contributed by atoms with van der Waals surface area (Å²) in [7, 11) is 0. The maximum absolute atomic E-state index is 12.2. The number of carbonyl (C=O) groups excluding carboxylic acids is 2. The Labute approximate surface area is 295 Å². The lowest BCUT2D eigenvalue weighted by Crippen LogP contribution is -2.53. The molecular weight excluding hydrogens is 622 g/mol. The van der Waals surface area contributed by atoms with Crippen LogP contribution in [0.2, 0.25) is 0 Å². The van der Waals surface area contributed by atoms with Crippen LogP contribution in [0.25, 0.3) is 0 Å². The molecule has 3 saturated heterocycles. The Hall–Kier alpha value is -4.66. The second-order valence-electron chi connectivity index (χ2n) is 14.5. The first-order chi connectivity index (χ1) is 24.5. The third-order valence-electron chi connectivity index (χ3n) is 11.5. The van der Waals surface area contributed by atoms with Crippen LogP contribution < -0.4 is 15.1 Å². The van der Waals surface area contributed by atoms with Crippen LogP contribution in [0.5, 0.6) is 5.75 Å². The van der Waals surface area contributed by atoms with Crippen molar-refractivity contribution in [2.45, 2.75) is 56.5 Å². The minimum atomic E-state index is -0.338. The third-order valence-corrected chi connectivity index (χ3v) is 11.5. The second-order valence-corrected chi connectivity index (χ2v) is 14.5. The first-order valence-electron chi connectivity index (χ1n) is 18.4. The number of fused-ring (bicyclic) bond motifs is 1. The van der Waals surface area contributed by atoms with Crippen LogP contribution in [0.3, 0.4) is 0 Å². The number of anilines is 2. The number of nitrogens with one attached hydrogen (secondary N) is 1. The molecule has 3 fully saturated rings. The van der Waals surface area contributed by atoms with Crippen molar-refractivity contribution >= 4 is 23.3 Å². The number of nitrogens with zero attached hydrogens (tertiary/aromatic N) is 4. The number of hydrogen-bond acceptors (Lipinski definition) is 6. The Morgan fingerprint density at radius 3 is 2.12 bits per heavy atom. The maximum atomic E-state index is 12.2. The number of aryl methyl sites for hydroxylation is 1. The van der Waals surface area contributed by atoms with E-state index >= 15 is 0 Å². The summed E-state index contributed by atoms with van der Waals surface area (Å²) in [4.78, 5) is 33.1. The van der Waals surface area contributed by atoms with E-state index in [9.17, 15) is 14.7 Å². The van der Waals surface area contributed by atoms with Gasteiger partial charge in [-0.1, -0.05) is 60.7 Å². The molecule has 2 atom stereocenters. The quantitative estimate of drug-likeness (QED) is 0.235. The van der Waals surface area contributed by atoms with Gasteiger partial charge in [0.1, 0.15) is 5.75 Å². The van der Waals surface area contributed by atoms with E-state index in [0.29, 0.717) is 30.7 Å². The molecule has 8 heteroatoms. The summed E-state index contributed by atoms with van der Waals surface area (Å²) in [5.74, 6) is 0.839. The van der Waals surface area contributed by atoms with E-state index in [-0.39, 0.29) is 17.9 Å². The standard InChI is InChI=1S/C42H47N5O3/c48-37-15-17-39-33(28-37)10-16-38(31-4-2-1-3-5-31)41(39)32-8-13-34(14-9-32)45-21-18-35(19-22-45)46-26-24-44(25-27-46)29-30-6-11-36(12-7-30)47-23-20-40(49)43-42(47)50/h1-9,11-15,17,28,35,38,41,48H,10,16,18-27,29H2,(H,43,49,50). The van der Waals surface area contributed by atoms with Gasteiger partial charge in [0.2, 0.25) is 5.91 Å². The zero-order chi connectivity index (χ0) is 34.0. The molecule has 8 rings (SSSR count). The van der Waals surface area contributed by atoms with Crippen molar-refractivity contribution < 1.29 is 14.7 Å². The molecule has 4 aliphatic rings. The number of hydrogen-bond donors (Lipinski definition) is 2. The second kappa shape index (κ2) is 14.3. The lowest BCUT2D eigenvalue weighted by Gasteiger charge is -2.43. The molecule has 50 heavy (non-hydrogen) atoms. The number of carbonyl (C=O) groups is 2. The monoisotopic (exact) mass is 669 g/mol. The van der Waals surface area contributed by atoms with Crippen molar-refractivity contribution in [3.63, 3.8) is 0 Å². The fourth-order valence-corrected chi connectivity index (χ4v) is 8.80. The molecule has 4 aromatic carbocycles. The number of piperazine rings is 1. The molecule has 3 amide bonds. The average molecular weight is 670 g/mol. The number of piperidine rings is 1. The third kappa shape index (κ3) is 6.87. The number of benzene rings is 4. The fraction of sp³-hybridized carbons (Fsp3) is 0.381. The average Bonchev–Trinajstić information content (AvgIpc) is 3.16. The van der Waals surface area contributed by atoms with E-state index in [1.165, 1.54) is 46.3 Å². The van der Waals surface area contributed by atoms with Gasteiger partial charge in [0.25, 0.3) is 0 Å². The molecular formula is C42H47N5O3. The molecule has 1 aliphatic carbocycles. The maximum Gasteiger partial charge on any atom is 0.328 e. The first-order valence-corrected chi connectivity index (χ1v) is 18.4. The van der Waals surface area contributed by atoms with E-state index in [1.54, 1.807) is 4.90 Å². The van der Waals surface area contributed by atoms with Crippen molar-refractivity contribution in [2.75, 3.05) is 55.6 Å². The van der Waals surface area contributed by atoms with Crippen molar-refractivity contribution in [3.05, 3.63) is 125 Å². The van der Waals surface area contributed by atoms with Gasteiger partial charge >= 0.3 is 6.03 Å². The molecule has 0 radical (unpaired) electrons. The zero-order valence-electron chi connectivity index (χ0n) is 28.7. The molecule has 0 bridgehead atoms. The lowest BCUT2D eigenvalue weighted by atomic mass is 9.69. The smallest absolute Gasteiger partial charge is 0.328 e. The highest BCUT2D eigenvalue weighted by molar-refractivity contribution is 6.05. The van der Waals surface area contributed by atoms with Crippen molar-refractivity contribution in [1.29, 1.82) is 0 Å². The van der Waals surface area contributed by atoms with Gasteiger partial charge in [0.05, 0.1) is 0 Å². The minimum absolute atomic E-state index is 0.208. The number of aromatic hydroxyl groups is 1. The molecule has 0 spiro atoms. The molecule has 3 aliphatic heterocycles. The number of amides is 3. The zero-order valence-corrected chi connectivity index (χ0v) is 28.7. The largest absolute Gasteiger partial charge is 0.508 e. The van der Waals surface area contributed by atoms with Gasteiger partial charge in [0, 0.05) is 82.1 Å².